The fourth-order valence-electron chi connectivity index (χ4n) is 9.56. The molecule has 1 aliphatic rings. The van der Waals surface area contributed by atoms with E-state index < -0.39 is 0 Å². The fraction of sp³-hybridized carbons (Fsp3) is 0.0339. The first-order valence-electron chi connectivity index (χ1n) is 21.3. The molecule has 0 amide bonds. The number of hydrogen-bond acceptors (Lipinski definition) is 1. The van der Waals surface area contributed by atoms with E-state index in [2.05, 4.69) is 223 Å². The minimum Gasteiger partial charge on any atom is -0.370 e. The van der Waals surface area contributed by atoms with Gasteiger partial charge in [-0.3, -0.25) is 5.41 Å². The van der Waals surface area contributed by atoms with Crippen molar-refractivity contribution in [2.45, 2.75) is 13.1 Å². The molecule has 0 fully saturated rings. The third-order valence-corrected chi connectivity index (χ3v) is 12.5. The molecule has 0 bridgehead atoms. The standard InChI is InChI=1S/C59H43N3/c60-59(61)62-37-55-53(49-31-45(39-17-5-1-6-18-39)29-46(32-49)40-19-7-2-8-20-40)35-43-25-13-15-27-51(43)57(55)58-52-28-16-14-26-44(52)36-54(56(58)38-62)50-33-47(41-21-9-3-10-22-41)30-48(34-50)42-23-11-4-12-24-42/h1-36H,37-38H2,(H3,60,61). The van der Waals surface area contributed by atoms with Gasteiger partial charge >= 0.3 is 0 Å². The molecule has 0 atom stereocenters. The van der Waals surface area contributed by atoms with Gasteiger partial charge in [-0.2, -0.15) is 0 Å². The van der Waals surface area contributed by atoms with E-state index >= 15 is 0 Å². The molecule has 0 unspecified atom stereocenters. The summed E-state index contributed by atoms with van der Waals surface area (Å²) in [7, 11) is 0. The Bertz CT molecular complexity index is 2970. The molecule has 10 aromatic carbocycles. The lowest BCUT2D eigenvalue weighted by Crippen LogP contribution is -2.35. The van der Waals surface area contributed by atoms with Crippen LogP contribution in [-0.4, -0.2) is 10.9 Å². The largest absolute Gasteiger partial charge is 0.370 e. The van der Waals surface area contributed by atoms with Gasteiger partial charge < -0.3 is 10.6 Å². The molecule has 0 aromatic heterocycles. The summed E-state index contributed by atoms with van der Waals surface area (Å²) >= 11 is 0. The maximum atomic E-state index is 9.13. The topological polar surface area (TPSA) is 53.1 Å². The van der Waals surface area contributed by atoms with Crippen LogP contribution in [0, 0.1) is 5.41 Å². The molecule has 0 spiro atoms. The van der Waals surface area contributed by atoms with E-state index in [1.807, 2.05) is 0 Å². The zero-order valence-electron chi connectivity index (χ0n) is 34.2. The van der Waals surface area contributed by atoms with Crippen LogP contribution in [0.4, 0.5) is 0 Å². The highest BCUT2D eigenvalue weighted by molar-refractivity contribution is 6.12. The smallest absolute Gasteiger partial charge is 0.188 e. The van der Waals surface area contributed by atoms with Crippen LogP contribution in [0.1, 0.15) is 11.1 Å². The van der Waals surface area contributed by atoms with Gasteiger partial charge in [-0.15, -0.1) is 0 Å². The molecule has 62 heavy (non-hydrogen) atoms. The number of hydrogen-bond donors (Lipinski definition) is 2. The number of nitrogens with zero attached hydrogens (tertiary/aromatic N) is 1. The van der Waals surface area contributed by atoms with E-state index in [1.54, 1.807) is 0 Å². The molecular formula is C59H43N3. The van der Waals surface area contributed by atoms with Crippen LogP contribution in [0.5, 0.6) is 0 Å². The van der Waals surface area contributed by atoms with Crippen molar-refractivity contribution in [2.75, 3.05) is 0 Å². The SMILES string of the molecule is N=C(N)N1Cc2c(-c3cc(-c4ccccc4)cc(-c4ccccc4)c3)cc3ccccc3c2-c2c(c(-c3cc(-c4ccccc4)cc(-c4ccccc4)c3)cc3ccccc23)C1. The van der Waals surface area contributed by atoms with E-state index in [1.165, 1.54) is 32.7 Å². The van der Waals surface area contributed by atoms with Crippen molar-refractivity contribution in [1.29, 1.82) is 5.41 Å². The summed E-state index contributed by atoms with van der Waals surface area (Å²) in [5, 5.41) is 13.8. The first-order valence-corrected chi connectivity index (χ1v) is 21.3. The predicted molar refractivity (Wildman–Crippen MR) is 261 cm³/mol. The Hall–Kier alpha value is -8.01. The molecule has 0 aliphatic carbocycles. The van der Waals surface area contributed by atoms with Gasteiger partial charge in [0.05, 0.1) is 0 Å². The van der Waals surface area contributed by atoms with Crippen LogP contribution in [-0.2, 0) is 13.1 Å². The predicted octanol–water partition coefficient (Wildman–Crippen LogP) is 14.9. The van der Waals surface area contributed by atoms with E-state index in [0.29, 0.717) is 13.1 Å². The Balaban J connectivity index is 1.24. The van der Waals surface area contributed by atoms with Gasteiger partial charge in [0.15, 0.2) is 5.96 Å². The lowest BCUT2D eigenvalue weighted by atomic mass is 9.81. The van der Waals surface area contributed by atoms with Crippen molar-refractivity contribution in [3.63, 3.8) is 0 Å². The van der Waals surface area contributed by atoms with Crippen molar-refractivity contribution < 1.29 is 0 Å². The van der Waals surface area contributed by atoms with Gasteiger partial charge in [-0.05, 0) is 159 Å². The molecular weight excluding hydrogens is 751 g/mol. The summed E-state index contributed by atoms with van der Waals surface area (Å²) in [6.45, 7) is 0.950. The fourth-order valence-corrected chi connectivity index (χ4v) is 9.56. The monoisotopic (exact) mass is 793 g/mol. The number of guanidine groups is 1. The maximum Gasteiger partial charge on any atom is 0.188 e. The van der Waals surface area contributed by atoms with Crippen LogP contribution in [0.15, 0.2) is 218 Å². The van der Waals surface area contributed by atoms with Crippen molar-refractivity contribution in [3.05, 3.63) is 230 Å². The van der Waals surface area contributed by atoms with Gasteiger partial charge in [0.1, 0.15) is 0 Å². The third kappa shape index (κ3) is 6.70. The Morgan fingerprint density at radius 2 is 0.629 bits per heavy atom. The zero-order valence-corrected chi connectivity index (χ0v) is 34.2. The minimum absolute atomic E-state index is 0.0491. The van der Waals surface area contributed by atoms with Crippen molar-refractivity contribution in [1.82, 2.24) is 4.90 Å². The number of fused-ring (bicyclic) bond motifs is 7. The average Bonchev–Trinajstić information content (AvgIpc) is 3.53. The summed E-state index contributed by atoms with van der Waals surface area (Å²) in [5.41, 5.74) is 25.2. The molecule has 3 heteroatoms. The normalized spacial score (nSPS) is 12.2. The summed E-state index contributed by atoms with van der Waals surface area (Å²) < 4.78 is 0. The first kappa shape index (κ1) is 37.0. The Labute approximate surface area is 362 Å². The summed E-state index contributed by atoms with van der Waals surface area (Å²) in [6, 6.07) is 78.9. The number of nitrogens with two attached hydrogens (primary N) is 1. The van der Waals surface area contributed by atoms with Crippen molar-refractivity contribution in [3.8, 4) is 77.9 Å². The van der Waals surface area contributed by atoms with Crippen LogP contribution in [0.2, 0.25) is 0 Å². The summed E-state index contributed by atoms with van der Waals surface area (Å²) in [6.07, 6.45) is 0. The van der Waals surface area contributed by atoms with E-state index in [-0.39, 0.29) is 5.96 Å². The highest BCUT2D eigenvalue weighted by Gasteiger charge is 2.29. The molecule has 3 N–H and O–H groups in total. The molecule has 3 nitrogen and oxygen atoms in total. The highest BCUT2D eigenvalue weighted by Crippen LogP contribution is 2.49. The third-order valence-electron chi connectivity index (χ3n) is 12.5. The Morgan fingerprint density at radius 3 is 0.952 bits per heavy atom. The minimum atomic E-state index is 0.0491. The highest BCUT2D eigenvalue weighted by atomic mass is 15.2. The summed E-state index contributed by atoms with van der Waals surface area (Å²) in [4.78, 5) is 2.06. The lowest BCUT2D eigenvalue weighted by Gasteiger charge is -2.24. The quantitative estimate of drug-likeness (QED) is 0.130. The first-order chi connectivity index (χ1) is 30.6. The number of benzene rings is 10. The summed E-state index contributed by atoms with van der Waals surface area (Å²) in [5.74, 6) is 0.0491. The second-order valence-corrected chi connectivity index (χ2v) is 16.3. The molecule has 0 radical (unpaired) electrons. The van der Waals surface area contributed by atoms with Gasteiger partial charge in [-0.1, -0.05) is 170 Å². The van der Waals surface area contributed by atoms with Crippen LogP contribution >= 0.6 is 0 Å². The number of nitrogens with one attached hydrogen (secondary N) is 1. The Morgan fingerprint density at radius 1 is 0.339 bits per heavy atom. The molecule has 294 valence electrons. The van der Waals surface area contributed by atoms with E-state index in [4.69, 9.17) is 11.1 Å². The van der Waals surface area contributed by atoms with E-state index in [0.717, 1.165) is 77.9 Å². The Kier molecular flexibility index (Phi) is 9.28. The molecule has 11 rings (SSSR count). The average molecular weight is 794 g/mol. The number of rotatable bonds is 6. The molecule has 10 aromatic rings. The maximum absolute atomic E-state index is 9.13. The molecule has 1 aliphatic heterocycles. The van der Waals surface area contributed by atoms with Crippen molar-refractivity contribution in [2.24, 2.45) is 5.73 Å². The van der Waals surface area contributed by atoms with Crippen LogP contribution in [0.25, 0.3) is 99.4 Å². The van der Waals surface area contributed by atoms with Gasteiger partial charge in [0.25, 0.3) is 0 Å². The van der Waals surface area contributed by atoms with Crippen molar-refractivity contribution >= 4 is 27.5 Å². The van der Waals surface area contributed by atoms with Crippen LogP contribution < -0.4 is 5.73 Å². The zero-order chi connectivity index (χ0) is 41.6. The van der Waals surface area contributed by atoms with Gasteiger partial charge in [0, 0.05) is 13.1 Å². The second-order valence-electron chi connectivity index (χ2n) is 16.3. The van der Waals surface area contributed by atoms with Gasteiger partial charge in [0.2, 0.25) is 0 Å². The molecule has 0 saturated heterocycles. The lowest BCUT2D eigenvalue weighted by molar-refractivity contribution is 0.405. The molecule has 0 saturated carbocycles. The second kappa shape index (κ2) is 15.5. The van der Waals surface area contributed by atoms with Gasteiger partial charge in [-0.25, -0.2) is 0 Å². The van der Waals surface area contributed by atoms with Crippen LogP contribution in [0.3, 0.4) is 0 Å². The molecule has 1 heterocycles. The van der Waals surface area contributed by atoms with E-state index in [9.17, 15) is 0 Å².